The first kappa shape index (κ1) is 17.0. The van der Waals surface area contributed by atoms with Crippen LogP contribution in [0.4, 0.5) is 14.5 Å². The summed E-state index contributed by atoms with van der Waals surface area (Å²) in [6.45, 7) is 2.08. The van der Waals surface area contributed by atoms with E-state index in [1.54, 1.807) is 4.90 Å². The summed E-state index contributed by atoms with van der Waals surface area (Å²) in [7, 11) is 0. The fourth-order valence-electron chi connectivity index (χ4n) is 2.72. The molecular formula is C17H14Cl2F2N2O. The van der Waals surface area contributed by atoms with Crippen LogP contribution in [0.15, 0.2) is 36.4 Å². The second-order valence-corrected chi connectivity index (χ2v) is 6.29. The number of hydrogen-bond donors (Lipinski definition) is 0. The van der Waals surface area contributed by atoms with Crippen molar-refractivity contribution in [3.63, 3.8) is 0 Å². The number of benzene rings is 2. The zero-order valence-corrected chi connectivity index (χ0v) is 14.1. The standard InChI is InChI=1S/C17H14Cl2F2N2O/c18-12-3-1-2-4-16(12)22-5-7-23(8-6-22)17(24)11-9-14(20)15(21)10-13(11)19/h1-4,9-10H,5-8H2. The van der Waals surface area contributed by atoms with Crippen LogP contribution in [0.5, 0.6) is 0 Å². The number of nitrogens with zero attached hydrogens (tertiary/aromatic N) is 2. The van der Waals surface area contributed by atoms with E-state index >= 15 is 0 Å². The highest BCUT2D eigenvalue weighted by Crippen LogP contribution is 2.27. The molecule has 2 aromatic rings. The number of halogens is 4. The first-order chi connectivity index (χ1) is 11.5. The van der Waals surface area contributed by atoms with Gasteiger partial charge in [0.25, 0.3) is 5.91 Å². The van der Waals surface area contributed by atoms with Crippen molar-refractivity contribution in [1.29, 1.82) is 0 Å². The molecule has 24 heavy (non-hydrogen) atoms. The van der Waals surface area contributed by atoms with Gasteiger partial charge in [0.15, 0.2) is 11.6 Å². The molecule has 0 atom stereocenters. The summed E-state index contributed by atoms with van der Waals surface area (Å²) in [6.07, 6.45) is 0. The minimum Gasteiger partial charge on any atom is -0.367 e. The molecule has 0 radical (unpaired) electrons. The molecule has 0 bridgehead atoms. The molecule has 0 aliphatic carbocycles. The highest BCUT2D eigenvalue weighted by atomic mass is 35.5. The van der Waals surface area contributed by atoms with Crippen molar-refractivity contribution in [2.45, 2.75) is 0 Å². The van der Waals surface area contributed by atoms with Gasteiger partial charge in [0.2, 0.25) is 0 Å². The average molecular weight is 371 g/mol. The summed E-state index contributed by atoms with van der Waals surface area (Å²) in [6, 6.07) is 9.17. The van der Waals surface area contributed by atoms with Crippen LogP contribution in [-0.4, -0.2) is 37.0 Å². The van der Waals surface area contributed by atoms with Gasteiger partial charge in [-0.1, -0.05) is 35.3 Å². The lowest BCUT2D eigenvalue weighted by molar-refractivity contribution is 0.0746. The van der Waals surface area contributed by atoms with Gasteiger partial charge in [-0.15, -0.1) is 0 Å². The van der Waals surface area contributed by atoms with E-state index < -0.39 is 17.5 Å². The lowest BCUT2D eigenvalue weighted by Crippen LogP contribution is -2.49. The van der Waals surface area contributed by atoms with Crippen molar-refractivity contribution < 1.29 is 13.6 Å². The summed E-state index contributed by atoms with van der Waals surface area (Å²) >= 11 is 12.1. The van der Waals surface area contributed by atoms with Crippen LogP contribution in [0, 0.1) is 11.6 Å². The van der Waals surface area contributed by atoms with Gasteiger partial charge in [-0.05, 0) is 24.3 Å². The normalized spacial score (nSPS) is 14.8. The SMILES string of the molecule is O=C(c1cc(F)c(F)cc1Cl)N1CCN(c2ccccc2Cl)CC1. The number of hydrogen-bond acceptors (Lipinski definition) is 2. The van der Waals surface area contributed by atoms with Crippen LogP contribution in [0.1, 0.15) is 10.4 Å². The van der Waals surface area contributed by atoms with E-state index in [0.29, 0.717) is 31.2 Å². The van der Waals surface area contributed by atoms with Crippen molar-refractivity contribution >= 4 is 34.8 Å². The molecule has 0 aromatic heterocycles. The Kier molecular flexibility index (Phi) is 4.92. The van der Waals surface area contributed by atoms with Crippen molar-refractivity contribution in [2.75, 3.05) is 31.1 Å². The smallest absolute Gasteiger partial charge is 0.255 e. The van der Waals surface area contributed by atoms with Crippen molar-refractivity contribution in [1.82, 2.24) is 4.90 Å². The van der Waals surface area contributed by atoms with Gasteiger partial charge in [-0.2, -0.15) is 0 Å². The van der Waals surface area contributed by atoms with Crippen molar-refractivity contribution in [3.05, 3.63) is 63.6 Å². The van der Waals surface area contributed by atoms with Crippen LogP contribution in [-0.2, 0) is 0 Å². The molecule has 1 amide bonds. The molecule has 1 aliphatic heterocycles. The van der Waals surface area contributed by atoms with Gasteiger partial charge < -0.3 is 9.80 Å². The van der Waals surface area contributed by atoms with Crippen molar-refractivity contribution in [2.24, 2.45) is 0 Å². The molecule has 1 saturated heterocycles. The Labute approximate surface area is 148 Å². The van der Waals surface area contributed by atoms with E-state index in [1.165, 1.54) is 0 Å². The third-order valence-corrected chi connectivity index (χ3v) is 4.63. The minimum absolute atomic E-state index is 0.0261. The Hall–Kier alpha value is -1.85. The van der Waals surface area contributed by atoms with Crippen LogP contribution >= 0.6 is 23.2 Å². The first-order valence-electron chi connectivity index (χ1n) is 7.40. The molecular weight excluding hydrogens is 357 g/mol. The highest BCUT2D eigenvalue weighted by Gasteiger charge is 2.25. The number of carbonyl (C=O) groups excluding carboxylic acids is 1. The fourth-order valence-corrected chi connectivity index (χ4v) is 3.20. The maximum Gasteiger partial charge on any atom is 0.255 e. The van der Waals surface area contributed by atoms with Crippen LogP contribution in [0.2, 0.25) is 10.0 Å². The number of piperazine rings is 1. The monoisotopic (exact) mass is 370 g/mol. The molecule has 7 heteroatoms. The Morgan fingerprint density at radius 2 is 1.54 bits per heavy atom. The molecule has 1 aliphatic rings. The second-order valence-electron chi connectivity index (χ2n) is 5.48. The number of amides is 1. The van der Waals surface area contributed by atoms with E-state index in [0.717, 1.165) is 17.8 Å². The van der Waals surface area contributed by atoms with Gasteiger partial charge in [-0.25, -0.2) is 8.78 Å². The zero-order valence-electron chi connectivity index (χ0n) is 12.6. The van der Waals surface area contributed by atoms with Crippen LogP contribution < -0.4 is 4.90 Å². The van der Waals surface area contributed by atoms with E-state index in [-0.39, 0.29) is 10.6 Å². The third kappa shape index (κ3) is 3.32. The van der Waals surface area contributed by atoms with E-state index in [1.807, 2.05) is 24.3 Å². The summed E-state index contributed by atoms with van der Waals surface area (Å²) in [5, 5.41) is 0.563. The van der Waals surface area contributed by atoms with Gasteiger partial charge in [0.1, 0.15) is 0 Å². The Morgan fingerprint density at radius 3 is 2.21 bits per heavy atom. The molecule has 0 N–H and O–H groups in total. The maximum absolute atomic E-state index is 13.4. The highest BCUT2D eigenvalue weighted by molar-refractivity contribution is 6.34. The van der Waals surface area contributed by atoms with E-state index in [2.05, 4.69) is 4.90 Å². The Morgan fingerprint density at radius 1 is 0.917 bits per heavy atom. The Balaban J connectivity index is 1.72. The lowest BCUT2D eigenvalue weighted by atomic mass is 10.1. The van der Waals surface area contributed by atoms with Gasteiger partial charge in [0, 0.05) is 26.2 Å². The van der Waals surface area contributed by atoms with E-state index in [4.69, 9.17) is 23.2 Å². The quantitative estimate of drug-likeness (QED) is 0.738. The molecule has 3 rings (SSSR count). The molecule has 2 aromatic carbocycles. The maximum atomic E-state index is 13.4. The van der Waals surface area contributed by atoms with Crippen LogP contribution in [0.3, 0.4) is 0 Å². The van der Waals surface area contributed by atoms with Gasteiger partial charge >= 0.3 is 0 Å². The topological polar surface area (TPSA) is 23.6 Å². The predicted octanol–water partition coefficient (Wildman–Crippen LogP) is 4.23. The Bertz CT molecular complexity index is 777. The number of para-hydroxylation sites is 1. The minimum atomic E-state index is -1.09. The fraction of sp³-hybridized carbons (Fsp3) is 0.235. The summed E-state index contributed by atoms with van der Waals surface area (Å²) < 4.78 is 26.5. The van der Waals surface area contributed by atoms with E-state index in [9.17, 15) is 13.6 Å². The summed E-state index contributed by atoms with van der Waals surface area (Å²) in [5.74, 6) is -2.56. The average Bonchev–Trinajstić information content (AvgIpc) is 2.58. The molecule has 0 unspecified atom stereocenters. The number of anilines is 1. The molecule has 126 valence electrons. The first-order valence-corrected chi connectivity index (χ1v) is 8.16. The van der Waals surface area contributed by atoms with Gasteiger partial charge in [-0.3, -0.25) is 4.79 Å². The third-order valence-electron chi connectivity index (χ3n) is 4.00. The van der Waals surface area contributed by atoms with Gasteiger partial charge in [0.05, 0.1) is 21.3 Å². The summed E-state index contributed by atoms with van der Waals surface area (Å²) in [4.78, 5) is 16.2. The zero-order chi connectivity index (χ0) is 17.3. The predicted molar refractivity (Wildman–Crippen MR) is 90.9 cm³/mol. The van der Waals surface area contributed by atoms with Crippen LogP contribution in [0.25, 0.3) is 0 Å². The molecule has 0 saturated carbocycles. The molecule has 3 nitrogen and oxygen atoms in total. The number of rotatable bonds is 2. The molecule has 1 fully saturated rings. The summed E-state index contributed by atoms with van der Waals surface area (Å²) in [5.41, 5.74) is 0.888. The second kappa shape index (κ2) is 6.95. The number of carbonyl (C=O) groups is 1. The largest absolute Gasteiger partial charge is 0.367 e. The van der Waals surface area contributed by atoms with Crippen molar-refractivity contribution in [3.8, 4) is 0 Å². The molecule has 0 spiro atoms. The lowest BCUT2D eigenvalue weighted by Gasteiger charge is -2.36. The molecule has 1 heterocycles.